The summed E-state index contributed by atoms with van der Waals surface area (Å²) in [6.45, 7) is 9.05. The Morgan fingerprint density at radius 2 is 1.47 bits per heavy atom. The van der Waals surface area contributed by atoms with Crippen LogP contribution in [-0.4, -0.2) is 84.0 Å². The Morgan fingerprint density at radius 3 is 2.08 bits per heavy atom. The standard InChI is InChI=1S/C26H41N7O5/c1-4-6-12-28-24-31-25(33-26(32-24)30-21(23(35)36)19(3)5-2)29-14-16-38-18-17-37-15-13-27-22(34)20-10-8-7-9-11-20/h7-11,19,21H,4-6,12-18H2,1-3H3,(H,27,34)(H,35,36)(H3,28,29,30,31,32,33)/t19-,21-/m0/s1. The van der Waals surface area contributed by atoms with Gasteiger partial charge in [-0.3, -0.25) is 4.79 Å². The minimum absolute atomic E-state index is 0.104. The number of carbonyl (C=O) groups excluding carboxylic acids is 1. The molecule has 1 amide bonds. The summed E-state index contributed by atoms with van der Waals surface area (Å²) < 4.78 is 11.1. The lowest BCUT2D eigenvalue weighted by molar-refractivity contribution is -0.139. The van der Waals surface area contributed by atoms with Crippen LogP contribution in [0.2, 0.25) is 0 Å². The fraction of sp³-hybridized carbons (Fsp3) is 0.577. The number of unbranched alkanes of at least 4 members (excludes halogenated alkanes) is 1. The second-order valence-corrected chi connectivity index (χ2v) is 8.71. The van der Waals surface area contributed by atoms with E-state index in [9.17, 15) is 14.7 Å². The number of carboxylic acids is 1. The first-order valence-electron chi connectivity index (χ1n) is 13.2. The van der Waals surface area contributed by atoms with E-state index in [2.05, 4.69) is 43.1 Å². The Morgan fingerprint density at radius 1 is 0.868 bits per heavy atom. The Hall–Kier alpha value is -3.51. The molecule has 0 fully saturated rings. The molecular formula is C26H41N7O5. The minimum Gasteiger partial charge on any atom is -0.480 e. The number of hydrogen-bond acceptors (Lipinski definition) is 10. The van der Waals surface area contributed by atoms with Crippen LogP contribution in [0.1, 0.15) is 50.4 Å². The molecule has 210 valence electrons. The molecule has 0 spiro atoms. The van der Waals surface area contributed by atoms with E-state index in [1.54, 1.807) is 12.1 Å². The van der Waals surface area contributed by atoms with Gasteiger partial charge in [0.1, 0.15) is 6.04 Å². The smallest absolute Gasteiger partial charge is 0.326 e. The third-order valence-corrected chi connectivity index (χ3v) is 5.68. The van der Waals surface area contributed by atoms with Gasteiger partial charge in [-0.2, -0.15) is 15.0 Å². The highest BCUT2D eigenvalue weighted by Gasteiger charge is 2.24. The van der Waals surface area contributed by atoms with Gasteiger partial charge in [-0.1, -0.05) is 51.8 Å². The molecule has 5 N–H and O–H groups in total. The van der Waals surface area contributed by atoms with Gasteiger partial charge < -0.3 is 35.8 Å². The second kappa shape index (κ2) is 17.9. The molecule has 38 heavy (non-hydrogen) atoms. The van der Waals surface area contributed by atoms with Crippen molar-refractivity contribution in [1.82, 2.24) is 20.3 Å². The van der Waals surface area contributed by atoms with Gasteiger partial charge in [0.2, 0.25) is 17.8 Å². The van der Waals surface area contributed by atoms with Crippen molar-refractivity contribution >= 4 is 29.7 Å². The van der Waals surface area contributed by atoms with E-state index in [0.717, 1.165) is 12.8 Å². The lowest BCUT2D eigenvalue weighted by atomic mass is 10.00. The van der Waals surface area contributed by atoms with Crippen molar-refractivity contribution in [1.29, 1.82) is 0 Å². The molecule has 12 nitrogen and oxygen atoms in total. The van der Waals surface area contributed by atoms with Crippen LogP contribution >= 0.6 is 0 Å². The molecule has 0 saturated carbocycles. The Labute approximate surface area is 224 Å². The van der Waals surface area contributed by atoms with E-state index in [0.29, 0.717) is 69.9 Å². The predicted octanol–water partition coefficient (Wildman–Crippen LogP) is 2.87. The minimum atomic E-state index is -0.955. The van der Waals surface area contributed by atoms with Crippen LogP contribution in [-0.2, 0) is 14.3 Å². The van der Waals surface area contributed by atoms with Crippen LogP contribution in [0.3, 0.4) is 0 Å². The molecule has 0 unspecified atom stereocenters. The molecule has 0 saturated heterocycles. The van der Waals surface area contributed by atoms with Gasteiger partial charge in [0, 0.05) is 25.2 Å². The number of benzene rings is 1. The summed E-state index contributed by atoms with van der Waals surface area (Å²) in [6, 6.07) is 8.21. The van der Waals surface area contributed by atoms with Gasteiger partial charge in [0.05, 0.1) is 26.4 Å². The Bertz CT molecular complexity index is 964. The number of amides is 1. The topological polar surface area (TPSA) is 160 Å². The van der Waals surface area contributed by atoms with Crippen LogP contribution in [0.4, 0.5) is 17.8 Å². The van der Waals surface area contributed by atoms with Crippen LogP contribution in [0, 0.1) is 5.92 Å². The molecule has 1 aromatic carbocycles. The molecule has 0 bridgehead atoms. The number of hydrogen-bond donors (Lipinski definition) is 5. The maximum Gasteiger partial charge on any atom is 0.326 e. The van der Waals surface area contributed by atoms with Crippen molar-refractivity contribution in [3.8, 4) is 0 Å². The number of nitrogens with zero attached hydrogens (tertiary/aromatic N) is 3. The lowest BCUT2D eigenvalue weighted by Crippen LogP contribution is -2.36. The first kappa shape index (κ1) is 30.7. The molecule has 1 aromatic heterocycles. The summed E-state index contributed by atoms with van der Waals surface area (Å²) in [7, 11) is 0. The highest BCUT2D eigenvalue weighted by molar-refractivity contribution is 5.94. The maximum absolute atomic E-state index is 12.0. The fourth-order valence-corrected chi connectivity index (χ4v) is 3.28. The van der Waals surface area contributed by atoms with Gasteiger partial charge in [-0.15, -0.1) is 0 Å². The molecule has 0 aliphatic heterocycles. The van der Waals surface area contributed by atoms with E-state index < -0.39 is 12.0 Å². The number of aromatic nitrogens is 3. The van der Waals surface area contributed by atoms with Crippen molar-refractivity contribution in [3.63, 3.8) is 0 Å². The normalized spacial score (nSPS) is 12.4. The molecule has 0 aliphatic carbocycles. The Balaban J connectivity index is 1.72. The third-order valence-electron chi connectivity index (χ3n) is 5.68. The average molecular weight is 532 g/mol. The number of aliphatic carboxylic acids is 1. The van der Waals surface area contributed by atoms with Crippen LogP contribution in [0.15, 0.2) is 30.3 Å². The number of carboxylic acid groups (broad SMARTS) is 1. The molecule has 1 heterocycles. The van der Waals surface area contributed by atoms with Crippen LogP contribution in [0.25, 0.3) is 0 Å². The Kier molecular flexibility index (Phi) is 14.4. The predicted molar refractivity (Wildman–Crippen MR) is 147 cm³/mol. The van der Waals surface area contributed by atoms with E-state index in [1.807, 2.05) is 32.0 Å². The summed E-state index contributed by atoms with van der Waals surface area (Å²) in [5.41, 5.74) is 0.616. The van der Waals surface area contributed by atoms with Crippen molar-refractivity contribution in [2.24, 2.45) is 5.92 Å². The summed E-state index contributed by atoms with van der Waals surface area (Å²) >= 11 is 0. The quantitative estimate of drug-likeness (QED) is 0.160. The summed E-state index contributed by atoms with van der Waals surface area (Å²) in [5.74, 6) is -0.292. The summed E-state index contributed by atoms with van der Waals surface area (Å²) in [4.78, 5) is 36.7. The van der Waals surface area contributed by atoms with Gasteiger partial charge in [-0.25, -0.2) is 4.79 Å². The lowest BCUT2D eigenvalue weighted by Gasteiger charge is -2.20. The van der Waals surface area contributed by atoms with Crippen molar-refractivity contribution < 1.29 is 24.2 Å². The number of ether oxygens (including phenoxy) is 2. The molecular weight excluding hydrogens is 490 g/mol. The zero-order valence-corrected chi connectivity index (χ0v) is 22.5. The van der Waals surface area contributed by atoms with Crippen molar-refractivity contribution in [2.45, 2.75) is 46.1 Å². The molecule has 0 radical (unpaired) electrons. The number of carbonyl (C=O) groups is 2. The largest absolute Gasteiger partial charge is 0.480 e. The van der Waals surface area contributed by atoms with Crippen molar-refractivity contribution in [2.75, 3.05) is 62.0 Å². The van der Waals surface area contributed by atoms with E-state index in [-0.39, 0.29) is 17.8 Å². The second-order valence-electron chi connectivity index (χ2n) is 8.71. The zero-order chi connectivity index (χ0) is 27.6. The molecule has 0 aliphatic rings. The fourth-order valence-electron chi connectivity index (χ4n) is 3.28. The first-order chi connectivity index (χ1) is 18.4. The molecule has 12 heteroatoms. The van der Waals surface area contributed by atoms with Crippen LogP contribution in [0.5, 0.6) is 0 Å². The molecule has 2 aromatic rings. The number of nitrogens with one attached hydrogen (secondary N) is 4. The van der Waals surface area contributed by atoms with Gasteiger partial charge >= 0.3 is 5.97 Å². The van der Waals surface area contributed by atoms with E-state index in [1.165, 1.54) is 0 Å². The molecule has 2 atom stereocenters. The van der Waals surface area contributed by atoms with Crippen molar-refractivity contribution in [3.05, 3.63) is 35.9 Å². The monoisotopic (exact) mass is 531 g/mol. The SMILES string of the molecule is CCCCNc1nc(NCCOCCOCCNC(=O)c2ccccc2)nc(N[C@H](C(=O)O)[C@@H](C)CC)n1. The highest BCUT2D eigenvalue weighted by atomic mass is 16.5. The highest BCUT2D eigenvalue weighted by Crippen LogP contribution is 2.15. The molecule has 2 rings (SSSR count). The number of rotatable bonds is 20. The van der Waals surface area contributed by atoms with Gasteiger partial charge in [0.15, 0.2) is 0 Å². The van der Waals surface area contributed by atoms with E-state index >= 15 is 0 Å². The van der Waals surface area contributed by atoms with Gasteiger partial charge in [-0.05, 0) is 24.5 Å². The van der Waals surface area contributed by atoms with Gasteiger partial charge in [0.25, 0.3) is 5.91 Å². The zero-order valence-electron chi connectivity index (χ0n) is 22.5. The summed E-state index contributed by atoms with van der Waals surface area (Å²) in [5, 5.41) is 21.6. The average Bonchev–Trinajstić information content (AvgIpc) is 2.92. The maximum atomic E-state index is 12.0. The number of anilines is 3. The third kappa shape index (κ3) is 11.7. The summed E-state index contributed by atoms with van der Waals surface area (Å²) in [6.07, 6.45) is 2.68. The van der Waals surface area contributed by atoms with Crippen LogP contribution < -0.4 is 21.3 Å². The first-order valence-corrected chi connectivity index (χ1v) is 13.2. The van der Waals surface area contributed by atoms with E-state index in [4.69, 9.17) is 9.47 Å².